The number of rotatable bonds is 7. The number of nitrogens with one attached hydrogen (secondary N) is 2. The largest absolute Gasteiger partial charge is 0.493 e. The molecule has 1 aliphatic rings. The van der Waals surface area contributed by atoms with E-state index in [1.807, 2.05) is 0 Å². The second-order valence-corrected chi connectivity index (χ2v) is 8.96. The average molecular weight is 510 g/mol. The van der Waals surface area contributed by atoms with Gasteiger partial charge >= 0.3 is 0 Å². The maximum absolute atomic E-state index is 13.2. The van der Waals surface area contributed by atoms with Crippen molar-refractivity contribution in [2.45, 2.75) is 13.0 Å². The summed E-state index contributed by atoms with van der Waals surface area (Å²) in [5.41, 5.74) is 2.51. The second-order valence-electron chi connectivity index (χ2n) is 7.88. The number of carbonyl (C=O) groups excluding carboxylic acids is 2. The van der Waals surface area contributed by atoms with Gasteiger partial charge in [-0.3, -0.25) is 20.0 Å². The third-order valence-corrected chi connectivity index (χ3v) is 6.75. The van der Waals surface area contributed by atoms with E-state index >= 15 is 0 Å². The zero-order valence-corrected chi connectivity index (χ0v) is 20.6. The van der Waals surface area contributed by atoms with Gasteiger partial charge in [0.15, 0.2) is 22.4 Å². The highest BCUT2D eigenvalue weighted by Gasteiger charge is 2.27. The Kier molecular flexibility index (Phi) is 6.34. The molecule has 0 spiro atoms. The summed E-state index contributed by atoms with van der Waals surface area (Å²) < 4.78 is 21.3. The zero-order chi connectivity index (χ0) is 25.2. The van der Waals surface area contributed by atoms with Gasteiger partial charge in [-0.1, -0.05) is 11.3 Å². The SMILES string of the molecule is COc1cc(-c2cc(C(=O)N3CCc4nc(NC(=O)c5ccco5)sc4C3)[nH]n2)cc(OC)c1OC. The molecule has 1 aliphatic heterocycles. The lowest BCUT2D eigenvalue weighted by Crippen LogP contribution is -2.35. The van der Waals surface area contributed by atoms with E-state index in [0.717, 1.165) is 10.6 Å². The first kappa shape index (κ1) is 23.4. The Balaban J connectivity index is 1.31. The van der Waals surface area contributed by atoms with Crippen molar-refractivity contribution in [3.63, 3.8) is 0 Å². The summed E-state index contributed by atoms with van der Waals surface area (Å²) in [6.07, 6.45) is 2.02. The molecule has 4 heterocycles. The number of benzene rings is 1. The lowest BCUT2D eigenvalue weighted by molar-refractivity contribution is 0.0730. The van der Waals surface area contributed by atoms with Gasteiger partial charge in [0.1, 0.15) is 5.69 Å². The number of aromatic nitrogens is 3. The molecule has 0 unspecified atom stereocenters. The second kappa shape index (κ2) is 9.74. The average Bonchev–Trinajstić information content (AvgIpc) is 3.67. The van der Waals surface area contributed by atoms with Crippen LogP contribution in [0, 0.1) is 0 Å². The van der Waals surface area contributed by atoms with Gasteiger partial charge in [-0.2, -0.15) is 5.10 Å². The van der Waals surface area contributed by atoms with E-state index in [1.54, 1.807) is 49.5 Å². The van der Waals surface area contributed by atoms with Crippen molar-refractivity contribution in [1.29, 1.82) is 0 Å². The van der Waals surface area contributed by atoms with Crippen molar-refractivity contribution < 1.29 is 28.2 Å². The summed E-state index contributed by atoms with van der Waals surface area (Å²) in [6, 6.07) is 8.47. The molecule has 0 bridgehead atoms. The summed E-state index contributed by atoms with van der Waals surface area (Å²) in [7, 11) is 4.62. The highest BCUT2D eigenvalue weighted by atomic mass is 32.1. The maximum Gasteiger partial charge on any atom is 0.293 e. The molecule has 1 aromatic carbocycles. The quantitative estimate of drug-likeness (QED) is 0.386. The molecule has 186 valence electrons. The van der Waals surface area contributed by atoms with E-state index in [2.05, 4.69) is 20.5 Å². The summed E-state index contributed by atoms with van der Waals surface area (Å²) in [5.74, 6) is 1.13. The number of amides is 2. The van der Waals surface area contributed by atoms with Crippen LogP contribution in [0.5, 0.6) is 17.2 Å². The van der Waals surface area contributed by atoms with Gasteiger partial charge in [0.2, 0.25) is 5.75 Å². The molecule has 36 heavy (non-hydrogen) atoms. The van der Waals surface area contributed by atoms with Gasteiger partial charge < -0.3 is 23.5 Å². The maximum atomic E-state index is 13.2. The number of nitrogens with zero attached hydrogens (tertiary/aromatic N) is 3. The first-order chi connectivity index (χ1) is 17.5. The molecule has 0 atom stereocenters. The van der Waals surface area contributed by atoms with Gasteiger partial charge in [0, 0.05) is 23.4 Å². The third kappa shape index (κ3) is 4.38. The fraction of sp³-hybridized carbons (Fsp3) is 0.250. The monoisotopic (exact) mass is 509 g/mol. The normalized spacial score (nSPS) is 12.7. The van der Waals surface area contributed by atoms with Crippen LogP contribution in [0.3, 0.4) is 0 Å². The van der Waals surface area contributed by atoms with Crippen LogP contribution in [-0.2, 0) is 13.0 Å². The molecule has 5 rings (SSSR count). The summed E-state index contributed by atoms with van der Waals surface area (Å²) in [6.45, 7) is 0.890. The molecule has 0 saturated carbocycles. The Labute approximate surface area is 210 Å². The van der Waals surface area contributed by atoms with Gasteiger partial charge in [-0.05, 0) is 30.3 Å². The highest BCUT2D eigenvalue weighted by Crippen LogP contribution is 2.41. The van der Waals surface area contributed by atoms with E-state index < -0.39 is 0 Å². The fourth-order valence-electron chi connectivity index (χ4n) is 3.97. The number of H-pyrrole nitrogens is 1. The fourth-order valence-corrected chi connectivity index (χ4v) is 4.99. The molecule has 11 nitrogen and oxygen atoms in total. The van der Waals surface area contributed by atoms with E-state index in [4.69, 9.17) is 18.6 Å². The Hall–Kier alpha value is -4.32. The predicted octanol–water partition coefficient (Wildman–Crippen LogP) is 3.60. The van der Waals surface area contributed by atoms with E-state index in [-0.39, 0.29) is 17.6 Å². The number of anilines is 1. The molecule has 0 fully saturated rings. The topological polar surface area (TPSA) is 132 Å². The number of ether oxygens (including phenoxy) is 3. The van der Waals surface area contributed by atoms with Crippen LogP contribution < -0.4 is 19.5 Å². The summed E-state index contributed by atoms with van der Waals surface area (Å²) >= 11 is 1.35. The predicted molar refractivity (Wildman–Crippen MR) is 131 cm³/mol. The van der Waals surface area contributed by atoms with Gasteiger partial charge in [0.05, 0.1) is 45.5 Å². The standard InChI is InChI=1S/C24H23N5O6S/c1-32-18-9-13(10-19(33-2)21(18)34-3)15-11-16(28-27-15)23(31)29-7-6-14-20(12-29)36-24(25-14)26-22(30)17-5-4-8-35-17/h4-5,8-11H,6-7,12H2,1-3H3,(H,27,28)(H,25,26,30). The minimum absolute atomic E-state index is 0.179. The third-order valence-electron chi connectivity index (χ3n) is 5.75. The minimum Gasteiger partial charge on any atom is -0.493 e. The Morgan fingerprint density at radius 3 is 2.58 bits per heavy atom. The van der Waals surface area contributed by atoms with Crippen molar-refractivity contribution in [3.8, 4) is 28.5 Å². The van der Waals surface area contributed by atoms with E-state index in [0.29, 0.717) is 58.8 Å². The van der Waals surface area contributed by atoms with Crippen LogP contribution in [-0.4, -0.2) is 59.8 Å². The molecule has 0 saturated heterocycles. The van der Waals surface area contributed by atoms with Gasteiger partial charge in [-0.25, -0.2) is 4.98 Å². The molecule has 2 amide bonds. The number of fused-ring (bicyclic) bond motifs is 1. The highest BCUT2D eigenvalue weighted by molar-refractivity contribution is 7.15. The van der Waals surface area contributed by atoms with Crippen molar-refractivity contribution >= 4 is 28.3 Å². The number of aromatic amines is 1. The van der Waals surface area contributed by atoms with Crippen LogP contribution in [0.2, 0.25) is 0 Å². The lowest BCUT2D eigenvalue weighted by Gasteiger charge is -2.25. The van der Waals surface area contributed by atoms with Crippen molar-refractivity contribution in [3.05, 3.63) is 58.6 Å². The Morgan fingerprint density at radius 2 is 1.92 bits per heavy atom. The van der Waals surface area contributed by atoms with Gasteiger partial charge in [0.25, 0.3) is 11.8 Å². The van der Waals surface area contributed by atoms with Crippen molar-refractivity contribution in [1.82, 2.24) is 20.1 Å². The first-order valence-electron chi connectivity index (χ1n) is 11.0. The van der Waals surface area contributed by atoms with Crippen molar-refractivity contribution in [2.24, 2.45) is 0 Å². The Morgan fingerprint density at radius 1 is 1.14 bits per heavy atom. The van der Waals surface area contributed by atoms with Crippen LogP contribution >= 0.6 is 11.3 Å². The molecule has 0 aliphatic carbocycles. The van der Waals surface area contributed by atoms with Crippen LogP contribution in [0.15, 0.2) is 41.0 Å². The number of hydrogen-bond acceptors (Lipinski definition) is 9. The summed E-state index contributed by atoms with van der Waals surface area (Å²) in [4.78, 5) is 32.6. The molecule has 3 aromatic heterocycles. The Bertz CT molecular complexity index is 1390. The number of carbonyl (C=O) groups is 2. The molecule has 12 heteroatoms. The number of furan rings is 1. The molecular weight excluding hydrogens is 486 g/mol. The molecule has 2 N–H and O–H groups in total. The van der Waals surface area contributed by atoms with E-state index in [9.17, 15) is 9.59 Å². The van der Waals surface area contributed by atoms with Gasteiger partial charge in [-0.15, -0.1) is 0 Å². The minimum atomic E-state index is -0.365. The summed E-state index contributed by atoms with van der Waals surface area (Å²) in [5, 5.41) is 10.4. The number of hydrogen-bond donors (Lipinski definition) is 2. The zero-order valence-electron chi connectivity index (χ0n) is 19.8. The lowest BCUT2D eigenvalue weighted by atomic mass is 10.1. The molecule has 0 radical (unpaired) electrons. The first-order valence-corrected chi connectivity index (χ1v) is 11.8. The van der Waals surface area contributed by atoms with Crippen LogP contribution in [0.25, 0.3) is 11.3 Å². The number of methoxy groups -OCH3 is 3. The molecule has 4 aromatic rings. The smallest absolute Gasteiger partial charge is 0.293 e. The van der Waals surface area contributed by atoms with E-state index in [1.165, 1.54) is 24.7 Å². The van der Waals surface area contributed by atoms with Crippen LogP contribution in [0.1, 0.15) is 31.6 Å². The van der Waals surface area contributed by atoms with Crippen LogP contribution in [0.4, 0.5) is 5.13 Å². The number of thiazole rings is 1. The van der Waals surface area contributed by atoms with Crippen molar-refractivity contribution in [2.75, 3.05) is 33.2 Å². The molecular formula is C24H23N5O6S.